The number of nitrogens with one attached hydrogen (secondary N) is 3. The summed E-state index contributed by atoms with van der Waals surface area (Å²) >= 11 is 1.02. The van der Waals surface area contributed by atoms with Crippen LogP contribution >= 0.6 is 11.3 Å². The molecule has 3 aromatic rings. The number of hydrogen-bond acceptors (Lipinski definition) is 11. The van der Waals surface area contributed by atoms with Gasteiger partial charge in [-0.3, -0.25) is 10.0 Å². The van der Waals surface area contributed by atoms with Crippen molar-refractivity contribution in [3.05, 3.63) is 46.5 Å². The van der Waals surface area contributed by atoms with Gasteiger partial charge in [-0.15, -0.1) is 0 Å². The van der Waals surface area contributed by atoms with Crippen LogP contribution in [0.25, 0.3) is 0 Å². The van der Waals surface area contributed by atoms with E-state index in [0.29, 0.717) is 61.0 Å². The molecule has 12 nitrogen and oxygen atoms in total. The van der Waals surface area contributed by atoms with Crippen LogP contribution in [0.15, 0.2) is 30.3 Å². The van der Waals surface area contributed by atoms with E-state index in [2.05, 4.69) is 35.2 Å². The van der Waals surface area contributed by atoms with Crippen molar-refractivity contribution in [3.63, 3.8) is 0 Å². The molecule has 1 aliphatic rings. The Morgan fingerprint density at radius 3 is 2.53 bits per heavy atom. The summed E-state index contributed by atoms with van der Waals surface area (Å²) in [5.41, 5.74) is 1.85. The number of carboxylic acid groups (broad SMARTS) is 1. The van der Waals surface area contributed by atoms with Gasteiger partial charge in [0.15, 0.2) is 5.13 Å². The number of aromatic carboxylic acids is 1. The zero-order valence-corrected chi connectivity index (χ0v) is 21.4. The summed E-state index contributed by atoms with van der Waals surface area (Å²) in [4.78, 5) is 27.0. The number of aromatic nitrogens is 3. The van der Waals surface area contributed by atoms with Gasteiger partial charge in [0.25, 0.3) is 0 Å². The fraction of sp³-hybridized carbons (Fsp3) is 0.364. The van der Waals surface area contributed by atoms with E-state index in [0.717, 1.165) is 16.9 Å². The Bertz CT molecular complexity index is 1320. The van der Waals surface area contributed by atoms with E-state index >= 15 is 0 Å². The predicted octanol–water partition coefficient (Wildman–Crippen LogP) is 2.89. The number of nitrogens with zero attached hydrogens (tertiary/aromatic N) is 4. The highest BCUT2D eigenvalue weighted by molar-refractivity contribution is 7.92. The van der Waals surface area contributed by atoms with Crippen LogP contribution in [0.4, 0.5) is 28.4 Å². The van der Waals surface area contributed by atoms with E-state index in [9.17, 15) is 18.3 Å². The minimum atomic E-state index is -3.33. The van der Waals surface area contributed by atoms with Gasteiger partial charge in [-0.2, -0.15) is 9.97 Å². The fourth-order valence-electron chi connectivity index (χ4n) is 3.41. The second-order valence-corrected chi connectivity index (χ2v) is 11.0. The van der Waals surface area contributed by atoms with Crippen LogP contribution in [-0.2, 0) is 21.3 Å². The number of rotatable bonds is 10. The SMILES string of the molecule is CCS(=O)(=O)Nc1ccc(CNc2cc(N3CCOCC3)nc(Nc3nc(C)c(C(=O)O)s3)n2)cc1. The molecule has 2 aromatic heterocycles. The maximum Gasteiger partial charge on any atom is 0.347 e. The molecule has 1 fully saturated rings. The molecule has 0 aliphatic carbocycles. The molecule has 0 atom stereocenters. The number of hydrogen-bond donors (Lipinski definition) is 4. The minimum Gasteiger partial charge on any atom is -0.477 e. The number of carboxylic acids is 1. The highest BCUT2D eigenvalue weighted by Crippen LogP contribution is 2.27. The Morgan fingerprint density at radius 2 is 1.89 bits per heavy atom. The van der Waals surface area contributed by atoms with Crippen LogP contribution in [0.3, 0.4) is 0 Å². The van der Waals surface area contributed by atoms with Crippen molar-refractivity contribution >= 4 is 55.7 Å². The summed E-state index contributed by atoms with van der Waals surface area (Å²) in [5.74, 6) is 0.531. The van der Waals surface area contributed by atoms with Gasteiger partial charge in [-0.1, -0.05) is 23.5 Å². The van der Waals surface area contributed by atoms with Crippen molar-refractivity contribution in [2.75, 3.05) is 52.3 Å². The van der Waals surface area contributed by atoms with Crippen molar-refractivity contribution in [1.82, 2.24) is 15.0 Å². The number of thiazole rings is 1. The summed E-state index contributed by atoms with van der Waals surface area (Å²) in [5, 5.41) is 16.0. The van der Waals surface area contributed by atoms with Gasteiger partial charge in [-0.05, 0) is 31.5 Å². The molecular weight excluding hydrogens is 506 g/mol. The van der Waals surface area contributed by atoms with Gasteiger partial charge >= 0.3 is 5.97 Å². The number of sulfonamides is 1. The maximum absolute atomic E-state index is 11.8. The molecule has 0 amide bonds. The van der Waals surface area contributed by atoms with Crippen molar-refractivity contribution in [1.29, 1.82) is 0 Å². The molecule has 0 saturated carbocycles. The Labute approximate surface area is 212 Å². The van der Waals surface area contributed by atoms with Gasteiger partial charge < -0.3 is 20.1 Å². The lowest BCUT2D eigenvalue weighted by atomic mass is 10.2. The Balaban J connectivity index is 1.52. The Kier molecular flexibility index (Phi) is 7.86. The van der Waals surface area contributed by atoms with Crippen molar-refractivity contribution in [2.24, 2.45) is 0 Å². The highest BCUT2D eigenvalue weighted by Gasteiger charge is 2.18. The van der Waals surface area contributed by atoms with Crippen LogP contribution in [0.2, 0.25) is 0 Å². The number of morpholine rings is 1. The topological polar surface area (TPSA) is 159 Å². The van der Waals surface area contributed by atoms with Crippen molar-refractivity contribution < 1.29 is 23.1 Å². The summed E-state index contributed by atoms with van der Waals surface area (Å²) in [7, 11) is -3.33. The van der Waals surface area contributed by atoms with E-state index in [1.807, 2.05) is 18.2 Å². The third-order valence-corrected chi connectivity index (χ3v) is 7.71. The molecular formula is C22H27N7O5S2. The standard InChI is InChI=1S/C22H27N7O5S2/c1-3-36(32,33)28-16-6-4-15(5-7-16)13-23-17-12-18(29-8-10-34-11-9-29)26-21(25-17)27-22-24-14(2)19(35-22)20(30)31/h4-7,12,28H,3,8-11,13H2,1-2H3,(H,30,31)(H2,23,24,25,26,27). The minimum absolute atomic E-state index is 0.00401. The van der Waals surface area contributed by atoms with Gasteiger partial charge in [0.2, 0.25) is 16.0 Å². The molecule has 4 N–H and O–H groups in total. The lowest BCUT2D eigenvalue weighted by Gasteiger charge is -2.28. The monoisotopic (exact) mass is 533 g/mol. The molecule has 3 heterocycles. The van der Waals surface area contributed by atoms with Crippen LogP contribution in [0.1, 0.15) is 27.9 Å². The van der Waals surface area contributed by atoms with Crippen LogP contribution < -0.4 is 20.3 Å². The third kappa shape index (κ3) is 6.59. The van der Waals surface area contributed by atoms with Crippen molar-refractivity contribution in [3.8, 4) is 0 Å². The first-order valence-corrected chi connectivity index (χ1v) is 13.7. The van der Waals surface area contributed by atoms with Gasteiger partial charge in [0.1, 0.15) is 16.5 Å². The zero-order valence-electron chi connectivity index (χ0n) is 19.8. The number of ether oxygens (including phenoxy) is 1. The van der Waals surface area contributed by atoms with Crippen LogP contribution in [-0.4, -0.2) is 66.5 Å². The van der Waals surface area contributed by atoms with E-state index in [1.165, 1.54) is 0 Å². The maximum atomic E-state index is 11.8. The number of carbonyl (C=O) groups is 1. The zero-order chi connectivity index (χ0) is 25.7. The molecule has 0 radical (unpaired) electrons. The average Bonchev–Trinajstić information content (AvgIpc) is 3.24. The van der Waals surface area contributed by atoms with E-state index in [4.69, 9.17) is 4.74 Å². The predicted molar refractivity (Wildman–Crippen MR) is 139 cm³/mol. The first kappa shape index (κ1) is 25.6. The highest BCUT2D eigenvalue weighted by atomic mass is 32.2. The molecule has 1 aliphatic heterocycles. The smallest absolute Gasteiger partial charge is 0.347 e. The third-order valence-electron chi connectivity index (χ3n) is 5.34. The first-order valence-electron chi connectivity index (χ1n) is 11.3. The molecule has 1 saturated heterocycles. The molecule has 0 unspecified atom stereocenters. The Morgan fingerprint density at radius 1 is 1.17 bits per heavy atom. The fourth-order valence-corrected chi connectivity index (χ4v) is 4.85. The van der Waals surface area contributed by atoms with E-state index < -0.39 is 16.0 Å². The van der Waals surface area contributed by atoms with E-state index in [-0.39, 0.29) is 16.6 Å². The Hall–Kier alpha value is -3.49. The van der Waals surface area contributed by atoms with Crippen LogP contribution in [0.5, 0.6) is 0 Å². The second kappa shape index (κ2) is 11.1. The van der Waals surface area contributed by atoms with Gasteiger partial charge in [0, 0.05) is 31.4 Å². The molecule has 14 heteroatoms. The summed E-state index contributed by atoms with van der Waals surface area (Å²) in [6, 6.07) is 8.92. The molecule has 0 bridgehead atoms. The lowest BCUT2D eigenvalue weighted by Crippen LogP contribution is -2.36. The van der Waals surface area contributed by atoms with Gasteiger partial charge in [-0.25, -0.2) is 18.2 Å². The first-order chi connectivity index (χ1) is 17.2. The summed E-state index contributed by atoms with van der Waals surface area (Å²) < 4.78 is 31.5. The average molecular weight is 534 g/mol. The second-order valence-electron chi connectivity index (χ2n) is 7.95. The van der Waals surface area contributed by atoms with Crippen LogP contribution in [0, 0.1) is 6.92 Å². The molecule has 192 valence electrons. The number of aryl methyl sites for hydroxylation is 1. The molecule has 1 aromatic carbocycles. The lowest BCUT2D eigenvalue weighted by molar-refractivity contribution is 0.0701. The molecule has 0 spiro atoms. The largest absolute Gasteiger partial charge is 0.477 e. The summed E-state index contributed by atoms with van der Waals surface area (Å²) in [6.45, 7) is 6.22. The molecule has 4 rings (SSSR count). The summed E-state index contributed by atoms with van der Waals surface area (Å²) in [6.07, 6.45) is 0. The van der Waals surface area contributed by atoms with Crippen molar-refractivity contribution in [2.45, 2.75) is 20.4 Å². The van der Waals surface area contributed by atoms with Gasteiger partial charge in [0.05, 0.1) is 24.7 Å². The molecule has 36 heavy (non-hydrogen) atoms. The van der Waals surface area contributed by atoms with E-state index in [1.54, 1.807) is 26.0 Å². The number of benzene rings is 1. The number of anilines is 5. The quantitative estimate of drug-likeness (QED) is 0.303. The normalized spacial score (nSPS) is 13.9.